The minimum Gasteiger partial charge on any atom is -0.503 e. The van der Waals surface area contributed by atoms with Gasteiger partial charge in [0.05, 0.1) is 11.6 Å². The number of rotatable bonds is 1. The van der Waals surface area contributed by atoms with Gasteiger partial charge >= 0.3 is 0 Å². The highest BCUT2D eigenvalue weighted by molar-refractivity contribution is 9.10. The predicted molar refractivity (Wildman–Crippen MR) is 49.6 cm³/mol. The molecule has 1 N–H and O–H groups in total. The molecule has 0 atom stereocenters. The summed E-state index contributed by atoms with van der Waals surface area (Å²) in [6.45, 7) is 0. The minimum atomic E-state index is 0.0833. The molecule has 2 nitrogen and oxygen atoms in total. The van der Waals surface area contributed by atoms with E-state index in [1.165, 1.54) is 7.11 Å². The maximum absolute atomic E-state index is 9.36. The Morgan fingerprint density at radius 3 is 2.73 bits per heavy atom. The molecule has 11 heavy (non-hydrogen) atoms. The zero-order valence-electron chi connectivity index (χ0n) is 5.84. The molecule has 0 aliphatic carbocycles. The fourth-order valence-electron chi connectivity index (χ4n) is 0.701. The Kier molecular flexibility index (Phi) is 2.67. The third-order valence-corrected chi connectivity index (χ3v) is 2.76. The zero-order chi connectivity index (χ0) is 8.43. The number of halogens is 1. The highest BCUT2D eigenvalue weighted by Gasteiger charge is 2.07. The summed E-state index contributed by atoms with van der Waals surface area (Å²) >= 11 is 7.26. The highest BCUT2D eigenvalue weighted by Crippen LogP contribution is 2.37. The van der Waals surface area contributed by atoms with Gasteiger partial charge in [-0.15, -0.1) is 12.6 Å². The monoisotopic (exact) mass is 234 g/mol. The van der Waals surface area contributed by atoms with Crippen molar-refractivity contribution in [2.75, 3.05) is 7.11 Å². The van der Waals surface area contributed by atoms with Crippen molar-refractivity contribution in [3.05, 3.63) is 16.6 Å². The lowest BCUT2D eigenvalue weighted by atomic mass is 10.3. The molecule has 1 rings (SSSR count). The second-order valence-electron chi connectivity index (χ2n) is 1.95. The maximum atomic E-state index is 9.36. The van der Waals surface area contributed by atoms with E-state index < -0.39 is 0 Å². The third-order valence-electron chi connectivity index (χ3n) is 1.28. The molecule has 0 amide bonds. The molecule has 0 aromatic heterocycles. The molecule has 0 saturated heterocycles. The van der Waals surface area contributed by atoms with Crippen LogP contribution in [0.4, 0.5) is 0 Å². The Bertz CT molecular complexity index is 275. The zero-order valence-corrected chi connectivity index (χ0v) is 8.32. The van der Waals surface area contributed by atoms with Gasteiger partial charge in [-0.25, -0.2) is 0 Å². The minimum absolute atomic E-state index is 0.0833. The van der Waals surface area contributed by atoms with Gasteiger partial charge in [-0.3, -0.25) is 0 Å². The van der Waals surface area contributed by atoms with E-state index in [1.807, 2.05) is 0 Å². The number of phenolic OH excluding ortho intramolecular Hbond substituents is 1. The summed E-state index contributed by atoms with van der Waals surface area (Å²) in [7, 11) is 1.50. The molecule has 0 heterocycles. The fraction of sp³-hybridized carbons (Fsp3) is 0.143. The Hall–Kier alpha value is -0.350. The second-order valence-corrected chi connectivity index (χ2v) is 3.22. The Morgan fingerprint density at radius 2 is 2.18 bits per heavy atom. The van der Waals surface area contributed by atoms with Gasteiger partial charge in [0.1, 0.15) is 0 Å². The first-order valence-corrected chi connectivity index (χ1v) is 4.15. The molecule has 0 radical (unpaired) electrons. The van der Waals surface area contributed by atoms with Crippen molar-refractivity contribution in [1.29, 1.82) is 0 Å². The summed E-state index contributed by atoms with van der Waals surface area (Å²) in [6, 6.07) is 3.40. The van der Waals surface area contributed by atoms with Crippen molar-refractivity contribution in [3.8, 4) is 11.5 Å². The molecular weight excluding hydrogens is 228 g/mol. The van der Waals surface area contributed by atoms with Gasteiger partial charge in [-0.2, -0.15) is 0 Å². The van der Waals surface area contributed by atoms with E-state index in [-0.39, 0.29) is 5.75 Å². The van der Waals surface area contributed by atoms with Crippen LogP contribution in [0.3, 0.4) is 0 Å². The third kappa shape index (κ3) is 1.62. The van der Waals surface area contributed by atoms with Gasteiger partial charge in [0.2, 0.25) is 0 Å². The average Bonchev–Trinajstić information content (AvgIpc) is 2.01. The largest absolute Gasteiger partial charge is 0.503 e. The van der Waals surface area contributed by atoms with E-state index in [9.17, 15) is 5.11 Å². The number of hydrogen-bond acceptors (Lipinski definition) is 3. The lowest BCUT2D eigenvalue weighted by Gasteiger charge is -2.05. The summed E-state index contributed by atoms with van der Waals surface area (Å²) in [5.41, 5.74) is 0. The Morgan fingerprint density at radius 1 is 1.55 bits per heavy atom. The first-order chi connectivity index (χ1) is 5.16. The summed E-state index contributed by atoms with van der Waals surface area (Å²) in [6.07, 6.45) is 0. The lowest BCUT2D eigenvalue weighted by Crippen LogP contribution is -1.84. The number of thiol groups is 1. The molecule has 0 spiro atoms. The van der Waals surface area contributed by atoms with Crippen LogP contribution in [0.1, 0.15) is 0 Å². The smallest absolute Gasteiger partial charge is 0.173 e. The normalized spacial score (nSPS) is 9.73. The van der Waals surface area contributed by atoms with E-state index in [1.54, 1.807) is 12.1 Å². The molecule has 0 saturated carbocycles. The number of aromatic hydroxyl groups is 1. The molecule has 0 aliphatic rings. The van der Waals surface area contributed by atoms with Crippen LogP contribution in [0.2, 0.25) is 0 Å². The van der Waals surface area contributed by atoms with Crippen LogP contribution >= 0.6 is 28.6 Å². The van der Waals surface area contributed by atoms with Crippen molar-refractivity contribution in [2.24, 2.45) is 0 Å². The average molecular weight is 235 g/mol. The van der Waals surface area contributed by atoms with Crippen molar-refractivity contribution < 1.29 is 9.84 Å². The van der Waals surface area contributed by atoms with Crippen LogP contribution in [0, 0.1) is 0 Å². The van der Waals surface area contributed by atoms with Gasteiger partial charge in [0, 0.05) is 4.90 Å². The van der Waals surface area contributed by atoms with Crippen LogP contribution in [0.25, 0.3) is 0 Å². The Labute approximate surface area is 78.7 Å². The van der Waals surface area contributed by atoms with Crippen molar-refractivity contribution in [3.63, 3.8) is 0 Å². The molecule has 1 aromatic carbocycles. The van der Waals surface area contributed by atoms with Crippen molar-refractivity contribution in [2.45, 2.75) is 4.90 Å². The number of methoxy groups -OCH3 is 1. The van der Waals surface area contributed by atoms with Gasteiger partial charge in [0.25, 0.3) is 0 Å². The second kappa shape index (κ2) is 3.36. The molecule has 0 unspecified atom stereocenters. The fourth-order valence-corrected chi connectivity index (χ4v) is 1.21. The standard InChI is InChI=1S/C7H7BrO2S/c1-10-4-2-3-5(11)6(8)7(4)9/h2-3,9,11H,1H3. The number of hydrogen-bond donors (Lipinski definition) is 2. The number of ether oxygens (including phenoxy) is 1. The van der Waals surface area contributed by atoms with Crippen LogP contribution < -0.4 is 4.74 Å². The first-order valence-electron chi connectivity index (χ1n) is 2.91. The van der Waals surface area contributed by atoms with E-state index in [0.29, 0.717) is 15.1 Å². The number of benzene rings is 1. The molecule has 1 aromatic rings. The van der Waals surface area contributed by atoms with Crippen LogP contribution in [0.15, 0.2) is 21.5 Å². The first kappa shape index (κ1) is 8.74. The summed E-state index contributed by atoms with van der Waals surface area (Å²) in [5, 5.41) is 9.36. The summed E-state index contributed by atoms with van der Waals surface area (Å²) in [5.74, 6) is 0.523. The van der Waals surface area contributed by atoms with Crippen LogP contribution in [-0.2, 0) is 0 Å². The van der Waals surface area contributed by atoms with E-state index in [2.05, 4.69) is 28.6 Å². The molecule has 0 fully saturated rings. The summed E-state index contributed by atoms with van der Waals surface area (Å²) in [4.78, 5) is 0.684. The van der Waals surface area contributed by atoms with Gasteiger partial charge in [-0.1, -0.05) is 0 Å². The SMILES string of the molecule is COc1ccc(S)c(Br)c1O. The molecular formula is C7H7BrO2S. The summed E-state index contributed by atoms with van der Waals surface area (Å²) < 4.78 is 5.42. The topological polar surface area (TPSA) is 29.5 Å². The van der Waals surface area contributed by atoms with Crippen LogP contribution in [-0.4, -0.2) is 12.2 Å². The number of phenols is 1. The maximum Gasteiger partial charge on any atom is 0.173 e. The van der Waals surface area contributed by atoms with E-state index >= 15 is 0 Å². The lowest BCUT2D eigenvalue weighted by molar-refractivity contribution is 0.371. The van der Waals surface area contributed by atoms with Gasteiger partial charge < -0.3 is 9.84 Å². The van der Waals surface area contributed by atoms with E-state index in [0.717, 1.165) is 0 Å². The van der Waals surface area contributed by atoms with Gasteiger partial charge in [-0.05, 0) is 28.1 Å². The predicted octanol–water partition coefficient (Wildman–Crippen LogP) is 2.45. The molecule has 4 heteroatoms. The molecule has 0 bridgehead atoms. The highest BCUT2D eigenvalue weighted by atomic mass is 79.9. The van der Waals surface area contributed by atoms with Gasteiger partial charge in [0.15, 0.2) is 11.5 Å². The van der Waals surface area contributed by atoms with E-state index in [4.69, 9.17) is 4.74 Å². The quantitative estimate of drug-likeness (QED) is 0.732. The van der Waals surface area contributed by atoms with Crippen molar-refractivity contribution >= 4 is 28.6 Å². The van der Waals surface area contributed by atoms with Crippen LogP contribution in [0.5, 0.6) is 11.5 Å². The van der Waals surface area contributed by atoms with Crippen molar-refractivity contribution in [1.82, 2.24) is 0 Å². The molecule has 0 aliphatic heterocycles. The Balaban J connectivity index is 3.25. The molecule has 60 valence electrons.